The third kappa shape index (κ3) is 4.48. The van der Waals surface area contributed by atoms with Crippen molar-refractivity contribution in [2.45, 2.75) is 20.1 Å². The average molecular weight is 422 g/mol. The number of nitrogens with zero attached hydrogens (tertiary/aromatic N) is 3. The van der Waals surface area contributed by atoms with Crippen LogP contribution in [0.25, 0.3) is 0 Å². The molecule has 3 rings (SSSR count). The van der Waals surface area contributed by atoms with Crippen molar-refractivity contribution in [2.75, 3.05) is 11.9 Å². The Kier molecular flexibility index (Phi) is 6.00. The van der Waals surface area contributed by atoms with Crippen molar-refractivity contribution in [1.29, 1.82) is 0 Å². The molecule has 0 atom stereocenters. The van der Waals surface area contributed by atoms with E-state index in [-0.39, 0.29) is 12.4 Å². The summed E-state index contributed by atoms with van der Waals surface area (Å²) in [4.78, 5) is 0. The zero-order valence-electron chi connectivity index (χ0n) is 14.0. The number of benzene rings is 2. The van der Waals surface area contributed by atoms with Gasteiger partial charge in [0.15, 0.2) is 11.5 Å². The fraction of sp³-hybridized carbons (Fsp3) is 0.235. The Balaban J connectivity index is 1.76. The van der Waals surface area contributed by atoms with E-state index in [1.54, 1.807) is 18.2 Å². The lowest BCUT2D eigenvalue weighted by Gasteiger charge is -2.16. The highest BCUT2D eigenvalue weighted by atomic mass is 79.9. The Morgan fingerprint density at radius 2 is 2.08 bits per heavy atom. The van der Waals surface area contributed by atoms with Gasteiger partial charge in [-0.05, 0) is 51.8 Å². The van der Waals surface area contributed by atoms with Gasteiger partial charge in [0.25, 0.3) is 5.95 Å². The van der Waals surface area contributed by atoms with Crippen LogP contribution in [0, 0.1) is 5.82 Å². The summed E-state index contributed by atoms with van der Waals surface area (Å²) < 4.78 is 26.0. The number of rotatable bonds is 8. The van der Waals surface area contributed by atoms with E-state index in [2.05, 4.69) is 41.9 Å². The molecule has 9 heteroatoms. The Morgan fingerprint density at radius 1 is 1.23 bits per heavy atom. The number of tetrazole rings is 1. The summed E-state index contributed by atoms with van der Waals surface area (Å²) in [6.45, 7) is 2.95. The van der Waals surface area contributed by atoms with Gasteiger partial charge in [-0.25, -0.2) is 4.39 Å². The van der Waals surface area contributed by atoms with E-state index < -0.39 is 0 Å². The third-order valence-corrected chi connectivity index (χ3v) is 4.08. The number of halogens is 2. The summed E-state index contributed by atoms with van der Waals surface area (Å²) in [7, 11) is 0. The van der Waals surface area contributed by atoms with Gasteiger partial charge >= 0.3 is 0 Å². The molecule has 2 aromatic carbocycles. The summed E-state index contributed by atoms with van der Waals surface area (Å²) in [5, 5.41) is 16.6. The van der Waals surface area contributed by atoms with Gasteiger partial charge in [-0.15, -0.1) is 5.10 Å². The van der Waals surface area contributed by atoms with E-state index in [1.807, 2.05) is 19.1 Å². The Bertz CT molecular complexity index is 860. The van der Waals surface area contributed by atoms with Crippen LogP contribution in [-0.4, -0.2) is 27.2 Å². The number of H-pyrrole nitrogens is 1. The monoisotopic (exact) mass is 421 g/mol. The minimum Gasteiger partial charge on any atom is -0.490 e. The highest BCUT2D eigenvalue weighted by molar-refractivity contribution is 9.10. The number of ether oxygens (including phenoxy) is 2. The van der Waals surface area contributed by atoms with Gasteiger partial charge < -0.3 is 14.8 Å². The van der Waals surface area contributed by atoms with Crippen LogP contribution in [0.5, 0.6) is 11.5 Å². The third-order valence-electron chi connectivity index (χ3n) is 3.49. The number of hydrogen-bond donors (Lipinski definition) is 2. The molecule has 0 spiro atoms. The van der Waals surface area contributed by atoms with Crippen LogP contribution < -0.4 is 14.8 Å². The van der Waals surface area contributed by atoms with Crippen LogP contribution in [0.1, 0.15) is 18.1 Å². The Hall–Kier alpha value is -2.68. The molecule has 0 aliphatic rings. The highest BCUT2D eigenvalue weighted by Crippen LogP contribution is 2.37. The van der Waals surface area contributed by atoms with Gasteiger partial charge in [-0.2, -0.15) is 5.21 Å². The molecular weight excluding hydrogens is 405 g/mol. The van der Waals surface area contributed by atoms with Gasteiger partial charge in [0.05, 0.1) is 11.1 Å². The molecule has 0 fully saturated rings. The maximum Gasteiger partial charge on any atom is 0.263 e. The van der Waals surface area contributed by atoms with Crippen LogP contribution >= 0.6 is 15.9 Å². The number of anilines is 1. The molecule has 0 radical (unpaired) electrons. The molecule has 0 saturated carbocycles. The second-order valence-electron chi connectivity index (χ2n) is 5.31. The second-order valence-corrected chi connectivity index (χ2v) is 6.16. The first-order chi connectivity index (χ1) is 12.7. The number of aromatic nitrogens is 4. The summed E-state index contributed by atoms with van der Waals surface area (Å²) in [5.41, 5.74) is 1.41. The maximum atomic E-state index is 13.8. The molecule has 7 nitrogen and oxygen atoms in total. The largest absolute Gasteiger partial charge is 0.490 e. The fourth-order valence-corrected chi connectivity index (χ4v) is 2.91. The molecule has 3 aromatic rings. The molecular formula is C17H17BrFN5O2. The lowest BCUT2D eigenvalue weighted by atomic mass is 10.2. The minimum absolute atomic E-state index is 0.103. The van der Waals surface area contributed by atoms with E-state index in [0.717, 1.165) is 5.56 Å². The minimum atomic E-state index is -0.303. The molecule has 0 aliphatic heterocycles. The summed E-state index contributed by atoms with van der Waals surface area (Å²) in [6, 6.07) is 10.3. The van der Waals surface area contributed by atoms with Gasteiger partial charge in [-0.3, -0.25) is 0 Å². The second kappa shape index (κ2) is 8.61. The molecule has 2 N–H and O–H groups in total. The van der Waals surface area contributed by atoms with Crippen molar-refractivity contribution in [1.82, 2.24) is 20.6 Å². The average Bonchev–Trinajstić information content (AvgIpc) is 3.14. The van der Waals surface area contributed by atoms with E-state index in [4.69, 9.17) is 9.47 Å². The van der Waals surface area contributed by atoms with Gasteiger partial charge in [0.2, 0.25) is 0 Å². The summed E-state index contributed by atoms with van der Waals surface area (Å²) in [5.74, 6) is 1.20. The first-order valence-corrected chi connectivity index (χ1v) is 8.75. The normalized spacial score (nSPS) is 10.6. The molecule has 1 heterocycles. The molecule has 0 unspecified atom stereocenters. The molecule has 0 amide bonds. The molecule has 0 saturated heterocycles. The standard InChI is InChI=1S/C17H17BrFN5O2/c1-2-25-15-8-11(9-20-17-21-23-24-22-17)7-13(18)16(15)26-10-12-5-3-4-6-14(12)19/h3-8H,2,9-10H2,1H3,(H2,20,21,22,23,24). The topological polar surface area (TPSA) is 85.0 Å². The number of aromatic amines is 1. The van der Waals surface area contributed by atoms with Crippen molar-refractivity contribution < 1.29 is 13.9 Å². The first kappa shape index (κ1) is 18.1. The van der Waals surface area contributed by atoms with Crippen LogP contribution in [0.15, 0.2) is 40.9 Å². The lowest BCUT2D eigenvalue weighted by molar-refractivity contribution is 0.264. The fourth-order valence-electron chi connectivity index (χ4n) is 2.31. The van der Waals surface area contributed by atoms with Gasteiger partial charge in [0.1, 0.15) is 12.4 Å². The molecule has 0 aliphatic carbocycles. The predicted molar refractivity (Wildman–Crippen MR) is 97.5 cm³/mol. The van der Waals surface area contributed by atoms with Gasteiger partial charge in [-0.1, -0.05) is 23.3 Å². The number of nitrogens with one attached hydrogen (secondary N) is 2. The van der Waals surface area contributed by atoms with E-state index in [0.29, 0.717) is 40.6 Å². The van der Waals surface area contributed by atoms with Crippen LogP contribution in [0.4, 0.5) is 10.3 Å². The summed E-state index contributed by atoms with van der Waals surface area (Å²) >= 11 is 3.50. The highest BCUT2D eigenvalue weighted by Gasteiger charge is 2.14. The van der Waals surface area contributed by atoms with E-state index in [9.17, 15) is 4.39 Å². The van der Waals surface area contributed by atoms with Crippen LogP contribution in [0.2, 0.25) is 0 Å². The quantitative estimate of drug-likeness (QED) is 0.576. The van der Waals surface area contributed by atoms with Crippen molar-refractivity contribution in [2.24, 2.45) is 0 Å². The smallest absolute Gasteiger partial charge is 0.263 e. The lowest BCUT2D eigenvalue weighted by Crippen LogP contribution is -2.05. The predicted octanol–water partition coefficient (Wildman–Crippen LogP) is 3.69. The van der Waals surface area contributed by atoms with Crippen LogP contribution in [-0.2, 0) is 13.2 Å². The maximum absolute atomic E-state index is 13.8. The first-order valence-electron chi connectivity index (χ1n) is 7.96. The van der Waals surface area contributed by atoms with Crippen molar-refractivity contribution in [3.63, 3.8) is 0 Å². The molecule has 136 valence electrons. The Labute approximate surface area is 158 Å². The molecule has 0 bridgehead atoms. The van der Waals surface area contributed by atoms with Crippen molar-refractivity contribution in [3.8, 4) is 11.5 Å². The van der Waals surface area contributed by atoms with Crippen molar-refractivity contribution >= 4 is 21.9 Å². The SMILES string of the molecule is CCOc1cc(CNc2nn[nH]n2)cc(Br)c1OCc1ccccc1F. The van der Waals surface area contributed by atoms with Crippen molar-refractivity contribution in [3.05, 3.63) is 57.8 Å². The zero-order valence-corrected chi connectivity index (χ0v) is 15.6. The summed E-state index contributed by atoms with van der Waals surface area (Å²) in [6.07, 6.45) is 0. The van der Waals surface area contributed by atoms with E-state index >= 15 is 0 Å². The van der Waals surface area contributed by atoms with Gasteiger partial charge in [0, 0.05) is 12.1 Å². The Morgan fingerprint density at radius 3 is 2.81 bits per heavy atom. The zero-order chi connectivity index (χ0) is 18.4. The molecule has 1 aromatic heterocycles. The molecule has 26 heavy (non-hydrogen) atoms. The van der Waals surface area contributed by atoms with E-state index in [1.165, 1.54) is 6.07 Å². The number of hydrogen-bond acceptors (Lipinski definition) is 6. The van der Waals surface area contributed by atoms with Crippen LogP contribution in [0.3, 0.4) is 0 Å².